The molecule has 0 saturated heterocycles. The summed E-state index contributed by atoms with van der Waals surface area (Å²) in [5, 5.41) is 3.47. The van der Waals surface area contributed by atoms with Gasteiger partial charge in [-0.3, -0.25) is 0 Å². The highest BCUT2D eigenvalue weighted by molar-refractivity contribution is 5.45. The van der Waals surface area contributed by atoms with E-state index in [4.69, 9.17) is 0 Å². The maximum Gasteiger partial charge on any atom is 0.0361 e. The monoisotopic (exact) mass is 324 g/mol. The molecule has 0 atom stereocenters. The zero-order chi connectivity index (χ0) is 13.7. The molecule has 2 aromatic carbocycles. The number of benzene rings is 2. The molecule has 4 heteroatoms. The summed E-state index contributed by atoms with van der Waals surface area (Å²) in [6.07, 6.45) is 0. The van der Waals surface area contributed by atoms with Gasteiger partial charge in [-0.05, 0) is 30.2 Å². The van der Waals surface area contributed by atoms with E-state index in [9.17, 15) is 0 Å². The molecule has 0 aliphatic heterocycles. The molecule has 0 fully saturated rings. The molecule has 2 rings (SSSR count). The van der Waals surface area contributed by atoms with Crippen LogP contribution in [0.1, 0.15) is 16.7 Å². The van der Waals surface area contributed by atoms with Crippen LogP contribution in [0.25, 0.3) is 0 Å². The van der Waals surface area contributed by atoms with Gasteiger partial charge in [0.2, 0.25) is 0 Å². The zero-order valence-electron chi connectivity index (χ0n) is 12.7. The predicted molar refractivity (Wildman–Crippen MR) is 82.5 cm³/mol. The lowest BCUT2D eigenvalue weighted by Crippen LogP contribution is -3.00. The fourth-order valence-corrected chi connectivity index (χ4v) is 1.97. The molecule has 0 unspecified atom stereocenters. The van der Waals surface area contributed by atoms with Gasteiger partial charge >= 0.3 is 0 Å². The quantitative estimate of drug-likeness (QED) is 0.647. The third-order valence-electron chi connectivity index (χ3n) is 3.23. The van der Waals surface area contributed by atoms with Crippen LogP contribution in [0.4, 0.5) is 5.69 Å². The van der Waals surface area contributed by atoms with Crippen molar-refractivity contribution in [1.82, 2.24) is 5.32 Å². The van der Waals surface area contributed by atoms with Crippen LogP contribution in [0, 0.1) is 6.92 Å². The highest BCUT2D eigenvalue weighted by Gasteiger charge is 1.97. The standard InChI is InChI=1S/C17H22N2.2ClH/c1-14-4-6-15(7-5-14)12-18-13-16-8-10-17(11-9-16)19(2)3;;/h4-11,18H,12-13H2,1-3H3;2*1H/p-2. The molecule has 2 nitrogen and oxygen atoms in total. The van der Waals surface area contributed by atoms with Crippen LogP contribution in [0.5, 0.6) is 0 Å². The lowest BCUT2D eigenvalue weighted by atomic mass is 10.1. The first-order chi connectivity index (χ1) is 9.15. The average molecular weight is 325 g/mol. The van der Waals surface area contributed by atoms with Gasteiger partial charge in [-0.15, -0.1) is 0 Å². The number of hydrogen-bond donors (Lipinski definition) is 1. The summed E-state index contributed by atoms with van der Waals surface area (Å²) >= 11 is 0. The minimum absolute atomic E-state index is 0. The second-order valence-corrected chi connectivity index (χ2v) is 5.15. The Morgan fingerprint density at radius 2 is 1.19 bits per heavy atom. The van der Waals surface area contributed by atoms with E-state index in [-0.39, 0.29) is 24.8 Å². The van der Waals surface area contributed by atoms with E-state index in [2.05, 4.69) is 79.8 Å². The molecular weight excluding hydrogens is 303 g/mol. The van der Waals surface area contributed by atoms with E-state index in [1.165, 1.54) is 22.4 Å². The number of aryl methyl sites for hydroxylation is 1. The van der Waals surface area contributed by atoms with Crippen molar-refractivity contribution < 1.29 is 24.8 Å². The fourth-order valence-electron chi connectivity index (χ4n) is 1.97. The van der Waals surface area contributed by atoms with E-state index in [0.717, 1.165) is 13.1 Å². The molecule has 21 heavy (non-hydrogen) atoms. The Kier molecular flexibility index (Phi) is 9.11. The van der Waals surface area contributed by atoms with Gasteiger partial charge in [0.15, 0.2) is 0 Å². The minimum atomic E-state index is 0. The van der Waals surface area contributed by atoms with E-state index >= 15 is 0 Å². The van der Waals surface area contributed by atoms with Crippen LogP contribution in [-0.2, 0) is 13.1 Å². The maximum absolute atomic E-state index is 3.47. The summed E-state index contributed by atoms with van der Waals surface area (Å²) in [5.41, 5.74) is 5.19. The van der Waals surface area contributed by atoms with Gasteiger partial charge < -0.3 is 35.0 Å². The first-order valence-electron chi connectivity index (χ1n) is 6.67. The van der Waals surface area contributed by atoms with Crippen molar-refractivity contribution in [2.45, 2.75) is 20.0 Å². The van der Waals surface area contributed by atoms with Gasteiger partial charge in [-0.25, -0.2) is 0 Å². The van der Waals surface area contributed by atoms with Crippen LogP contribution in [0.15, 0.2) is 48.5 Å². The van der Waals surface area contributed by atoms with Crippen molar-refractivity contribution in [2.75, 3.05) is 19.0 Å². The third-order valence-corrected chi connectivity index (χ3v) is 3.23. The second-order valence-electron chi connectivity index (χ2n) is 5.15. The van der Waals surface area contributed by atoms with Crippen LogP contribution >= 0.6 is 0 Å². The highest BCUT2D eigenvalue weighted by atomic mass is 35.5. The SMILES string of the molecule is Cc1ccc(CNCc2ccc(N(C)C)cc2)cc1.[Cl-].[Cl-]. The largest absolute Gasteiger partial charge is 1.00 e. The molecule has 1 N–H and O–H groups in total. The lowest BCUT2D eigenvalue weighted by molar-refractivity contribution is -0.001000. The fraction of sp³-hybridized carbons (Fsp3) is 0.294. The van der Waals surface area contributed by atoms with Crippen molar-refractivity contribution in [3.8, 4) is 0 Å². The zero-order valence-corrected chi connectivity index (χ0v) is 14.2. The average Bonchev–Trinajstić information content (AvgIpc) is 2.41. The molecule has 0 aliphatic rings. The molecule has 0 radical (unpaired) electrons. The summed E-state index contributed by atoms with van der Waals surface area (Å²) < 4.78 is 0. The molecular formula is C17H22Cl2N2-2. The lowest BCUT2D eigenvalue weighted by Gasteiger charge is -2.13. The van der Waals surface area contributed by atoms with Crippen LogP contribution in [0.2, 0.25) is 0 Å². The summed E-state index contributed by atoms with van der Waals surface area (Å²) in [6.45, 7) is 3.93. The van der Waals surface area contributed by atoms with Crippen LogP contribution < -0.4 is 35.0 Å². The molecule has 0 heterocycles. The van der Waals surface area contributed by atoms with Crippen molar-refractivity contribution in [1.29, 1.82) is 0 Å². The van der Waals surface area contributed by atoms with Crippen LogP contribution in [-0.4, -0.2) is 14.1 Å². The molecule has 0 aliphatic carbocycles. The van der Waals surface area contributed by atoms with Crippen molar-refractivity contribution in [3.63, 3.8) is 0 Å². The molecule has 0 spiro atoms. The Bertz CT molecular complexity index is 507. The number of nitrogens with one attached hydrogen (secondary N) is 1. The van der Waals surface area contributed by atoms with Gasteiger partial charge in [0.1, 0.15) is 0 Å². The van der Waals surface area contributed by atoms with Gasteiger partial charge in [-0.1, -0.05) is 42.0 Å². The Morgan fingerprint density at radius 3 is 1.62 bits per heavy atom. The Hall–Kier alpha value is -1.22. The predicted octanol–water partition coefficient (Wildman–Crippen LogP) is -2.64. The second kappa shape index (κ2) is 9.67. The summed E-state index contributed by atoms with van der Waals surface area (Å²) in [6, 6.07) is 17.3. The van der Waals surface area contributed by atoms with E-state index in [1.807, 2.05) is 0 Å². The number of rotatable bonds is 5. The maximum atomic E-state index is 3.47. The molecule has 0 amide bonds. The van der Waals surface area contributed by atoms with Crippen LogP contribution in [0.3, 0.4) is 0 Å². The van der Waals surface area contributed by atoms with Crippen molar-refractivity contribution in [2.24, 2.45) is 0 Å². The Balaban J connectivity index is 0.00000200. The topological polar surface area (TPSA) is 15.3 Å². The molecule has 0 aromatic heterocycles. The molecule has 0 bridgehead atoms. The highest BCUT2D eigenvalue weighted by Crippen LogP contribution is 2.12. The third kappa shape index (κ3) is 6.38. The van der Waals surface area contributed by atoms with Gasteiger partial charge in [0.05, 0.1) is 0 Å². The molecule has 2 aromatic rings. The van der Waals surface area contributed by atoms with Gasteiger partial charge in [0.25, 0.3) is 0 Å². The molecule has 116 valence electrons. The summed E-state index contributed by atoms with van der Waals surface area (Å²) in [7, 11) is 4.12. The van der Waals surface area contributed by atoms with Crippen molar-refractivity contribution >= 4 is 5.69 Å². The Morgan fingerprint density at radius 1 is 0.762 bits per heavy atom. The normalized spacial score (nSPS) is 9.48. The number of nitrogens with zero attached hydrogens (tertiary/aromatic N) is 1. The van der Waals surface area contributed by atoms with E-state index in [0.29, 0.717) is 0 Å². The first kappa shape index (κ1) is 19.8. The summed E-state index contributed by atoms with van der Waals surface area (Å²) in [5.74, 6) is 0. The smallest absolute Gasteiger partial charge is 0.0361 e. The van der Waals surface area contributed by atoms with E-state index in [1.54, 1.807) is 0 Å². The van der Waals surface area contributed by atoms with E-state index < -0.39 is 0 Å². The molecule has 0 saturated carbocycles. The number of hydrogen-bond acceptors (Lipinski definition) is 2. The number of anilines is 1. The van der Waals surface area contributed by atoms with Gasteiger partial charge in [0, 0.05) is 32.9 Å². The minimum Gasteiger partial charge on any atom is -1.00 e. The number of halogens is 2. The Labute approximate surface area is 140 Å². The van der Waals surface area contributed by atoms with Gasteiger partial charge in [-0.2, -0.15) is 0 Å². The summed E-state index contributed by atoms with van der Waals surface area (Å²) in [4.78, 5) is 2.11. The first-order valence-corrected chi connectivity index (χ1v) is 6.67. The van der Waals surface area contributed by atoms with Crippen molar-refractivity contribution in [3.05, 3.63) is 65.2 Å².